The molecule has 0 fully saturated rings. The normalized spacial score (nSPS) is 22.7. The maximum absolute atomic E-state index is 11.5. The molecule has 1 aliphatic rings. The molecule has 92 valence electrons. The molecule has 0 spiro atoms. The smallest absolute Gasteiger partial charge is 0.390 e. The minimum Gasteiger partial charge on any atom is -0.463 e. The van der Waals surface area contributed by atoms with E-state index >= 15 is 0 Å². The third kappa shape index (κ3) is 2.01. The first-order chi connectivity index (χ1) is 8.69. The van der Waals surface area contributed by atoms with Crippen molar-refractivity contribution >= 4 is 12.0 Å². The average Bonchev–Trinajstić information content (AvgIpc) is 2.42. The molecule has 1 N–H and O–H groups in total. The molecule has 1 unspecified atom stereocenters. The lowest BCUT2D eigenvalue weighted by Crippen LogP contribution is -2.32. The Labute approximate surface area is 105 Å². The average molecular weight is 243 g/mol. The molecule has 0 aromatic heterocycles. The molecule has 3 atom stereocenters. The topological polar surface area (TPSA) is 50.9 Å². The van der Waals surface area contributed by atoms with Crippen LogP contribution in [0.2, 0.25) is 0 Å². The summed E-state index contributed by atoms with van der Waals surface area (Å²) in [6.07, 6.45) is 2.67. The lowest BCUT2D eigenvalue weighted by Gasteiger charge is -2.25. The summed E-state index contributed by atoms with van der Waals surface area (Å²) in [5, 5.41) is 10.3. The number of hydrogen-bond acceptors (Lipinski definition) is 3. The molecule has 0 radical (unpaired) electrons. The molecule has 1 aromatic carbocycles. The van der Waals surface area contributed by atoms with E-state index in [4.69, 9.17) is 6.57 Å². The Bertz CT molecular complexity index is 530. The van der Waals surface area contributed by atoms with Gasteiger partial charge in [-0.3, -0.25) is 0 Å². The fraction of sp³-hybridized carbons (Fsp3) is 0.286. The van der Waals surface area contributed by atoms with Crippen molar-refractivity contribution in [3.63, 3.8) is 0 Å². The number of ether oxygens (including phenoxy) is 1. The SMILES string of the molecule is [C-]#[N+]C(C(=O)OC)[C@@H]1C=Cc2ccccc2[C@H]1O. The van der Waals surface area contributed by atoms with E-state index < -0.39 is 24.0 Å². The zero-order valence-corrected chi connectivity index (χ0v) is 9.91. The first-order valence-electron chi connectivity index (χ1n) is 5.58. The van der Waals surface area contributed by atoms with E-state index in [1.165, 1.54) is 7.11 Å². The minimum atomic E-state index is -1.00. The third-order valence-corrected chi connectivity index (χ3v) is 3.12. The van der Waals surface area contributed by atoms with Gasteiger partial charge in [-0.1, -0.05) is 36.4 Å². The summed E-state index contributed by atoms with van der Waals surface area (Å²) in [4.78, 5) is 14.8. The van der Waals surface area contributed by atoms with Crippen molar-refractivity contribution in [2.45, 2.75) is 12.1 Å². The molecular weight excluding hydrogens is 230 g/mol. The van der Waals surface area contributed by atoms with E-state index in [-0.39, 0.29) is 0 Å². The Morgan fingerprint density at radius 2 is 2.22 bits per heavy atom. The predicted octanol–water partition coefficient (Wildman–Crippen LogP) is 1.82. The highest BCUT2D eigenvalue weighted by Crippen LogP contribution is 2.35. The van der Waals surface area contributed by atoms with E-state index in [0.29, 0.717) is 0 Å². The first-order valence-corrected chi connectivity index (χ1v) is 5.58. The van der Waals surface area contributed by atoms with Crippen molar-refractivity contribution in [2.24, 2.45) is 5.92 Å². The number of fused-ring (bicyclic) bond motifs is 1. The number of benzene rings is 1. The maximum Gasteiger partial charge on any atom is 0.390 e. The van der Waals surface area contributed by atoms with Crippen molar-refractivity contribution < 1.29 is 14.6 Å². The number of rotatable bonds is 2. The van der Waals surface area contributed by atoms with Gasteiger partial charge in [0.15, 0.2) is 0 Å². The third-order valence-electron chi connectivity index (χ3n) is 3.12. The fourth-order valence-corrected chi connectivity index (χ4v) is 2.15. The van der Waals surface area contributed by atoms with Crippen molar-refractivity contribution in [3.05, 3.63) is 52.9 Å². The molecule has 0 bridgehead atoms. The number of methoxy groups -OCH3 is 1. The Morgan fingerprint density at radius 3 is 2.89 bits per heavy atom. The van der Waals surface area contributed by atoms with Crippen molar-refractivity contribution in [1.29, 1.82) is 0 Å². The van der Waals surface area contributed by atoms with Crippen LogP contribution in [-0.4, -0.2) is 24.2 Å². The van der Waals surface area contributed by atoms with Gasteiger partial charge in [-0.2, -0.15) is 0 Å². The second-order valence-electron chi connectivity index (χ2n) is 4.11. The lowest BCUT2D eigenvalue weighted by molar-refractivity contribution is -0.142. The molecular formula is C14H13NO3. The Morgan fingerprint density at radius 1 is 1.50 bits per heavy atom. The lowest BCUT2D eigenvalue weighted by atomic mass is 9.83. The zero-order valence-electron chi connectivity index (χ0n) is 9.91. The summed E-state index contributed by atoms with van der Waals surface area (Å²) in [5.41, 5.74) is 1.65. The van der Waals surface area contributed by atoms with Crippen LogP contribution in [0.3, 0.4) is 0 Å². The molecule has 0 saturated carbocycles. The second-order valence-corrected chi connectivity index (χ2v) is 4.11. The number of aliphatic hydroxyl groups is 1. The zero-order chi connectivity index (χ0) is 13.1. The van der Waals surface area contributed by atoms with Gasteiger partial charge >= 0.3 is 12.0 Å². The Hall–Kier alpha value is -2.12. The second kappa shape index (κ2) is 5.03. The number of nitrogens with zero attached hydrogens (tertiary/aromatic N) is 1. The summed E-state index contributed by atoms with van der Waals surface area (Å²) in [5.74, 6) is -1.18. The van der Waals surface area contributed by atoms with Crippen LogP contribution < -0.4 is 0 Å². The molecule has 0 saturated heterocycles. The molecule has 1 aromatic rings. The van der Waals surface area contributed by atoms with Crippen molar-refractivity contribution in [2.75, 3.05) is 7.11 Å². The molecule has 4 nitrogen and oxygen atoms in total. The quantitative estimate of drug-likeness (QED) is 0.636. The van der Waals surface area contributed by atoms with Crippen LogP contribution in [0.1, 0.15) is 17.2 Å². The molecule has 0 heterocycles. The van der Waals surface area contributed by atoms with Crippen LogP contribution in [0.4, 0.5) is 0 Å². The van der Waals surface area contributed by atoms with Crippen LogP contribution in [0.15, 0.2) is 30.3 Å². The maximum atomic E-state index is 11.5. The van der Waals surface area contributed by atoms with Gasteiger partial charge < -0.3 is 14.7 Å². The fourth-order valence-electron chi connectivity index (χ4n) is 2.15. The molecule has 0 aliphatic heterocycles. The molecule has 18 heavy (non-hydrogen) atoms. The van der Waals surface area contributed by atoms with Crippen LogP contribution in [0.25, 0.3) is 10.9 Å². The molecule has 4 heteroatoms. The largest absolute Gasteiger partial charge is 0.463 e. The Kier molecular flexibility index (Phi) is 3.45. The van der Waals surface area contributed by atoms with E-state index in [1.54, 1.807) is 12.1 Å². The predicted molar refractivity (Wildman–Crippen MR) is 66.3 cm³/mol. The molecule has 2 rings (SSSR count). The highest BCUT2D eigenvalue weighted by molar-refractivity contribution is 5.79. The number of esters is 1. The van der Waals surface area contributed by atoms with Gasteiger partial charge in [0.2, 0.25) is 0 Å². The summed E-state index contributed by atoms with van der Waals surface area (Å²) < 4.78 is 4.60. The summed E-state index contributed by atoms with van der Waals surface area (Å²) in [6, 6.07) is 6.38. The number of carbonyl (C=O) groups is 1. The van der Waals surface area contributed by atoms with E-state index in [2.05, 4.69) is 9.58 Å². The Balaban J connectivity index is 2.34. The van der Waals surface area contributed by atoms with Crippen LogP contribution in [0.5, 0.6) is 0 Å². The highest BCUT2D eigenvalue weighted by atomic mass is 16.5. The van der Waals surface area contributed by atoms with Crippen LogP contribution in [0, 0.1) is 12.5 Å². The van der Waals surface area contributed by atoms with Crippen LogP contribution in [-0.2, 0) is 9.53 Å². The van der Waals surface area contributed by atoms with E-state index in [9.17, 15) is 9.90 Å². The monoisotopic (exact) mass is 243 g/mol. The van der Waals surface area contributed by atoms with Gasteiger partial charge in [-0.05, 0) is 11.1 Å². The van der Waals surface area contributed by atoms with Crippen molar-refractivity contribution in [3.8, 4) is 0 Å². The van der Waals surface area contributed by atoms with Crippen molar-refractivity contribution in [1.82, 2.24) is 0 Å². The van der Waals surface area contributed by atoms with Gasteiger partial charge in [-0.15, -0.1) is 0 Å². The van der Waals surface area contributed by atoms with Gasteiger partial charge in [0.1, 0.15) is 0 Å². The van der Waals surface area contributed by atoms with Gasteiger partial charge in [-0.25, -0.2) is 11.4 Å². The standard InChI is InChI=1S/C14H13NO3/c1-15-12(14(17)18-2)11-8-7-9-5-3-4-6-10(9)13(11)16/h3-8,11-13,16H,2H3/t11-,12?,13+/m0/s1. The number of aliphatic hydroxyl groups excluding tert-OH is 1. The summed E-state index contributed by atoms with van der Waals surface area (Å²) >= 11 is 0. The van der Waals surface area contributed by atoms with E-state index in [1.807, 2.05) is 24.3 Å². The van der Waals surface area contributed by atoms with Crippen LogP contribution >= 0.6 is 0 Å². The van der Waals surface area contributed by atoms with Gasteiger partial charge in [0, 0.05) is 0 Å². The highest BCUT2D eigenvalue weighted by Gasteiger charge is 2.40. The number of hydrogen-bond donors (Lipinski definition) is 1. The first kappa shape index (κ1) is 12.3. The summed E-state index contributed by atoms with van der Waals surface area (Å²) in [6.45, 7) is 7.08. The van der Waals surface area contributed by atoms with Gasteiger partial charge in [0.25, 0.3) is 0 Å². The molecule has 0 amide bonds. The van der Waals surface area contributed by atoms with Gasteiger partial charge in [0.05, 0.1) is 19.1 Å². The van der Waals surface area contributed by atoms with E-state index in [0.717, 1.165) is 11.1 Å². The summed E-state index contributed by atoms with van der Waals surface area (Å²) in [7, 11) is 1.24. The number of carbonyl (C=O) groups excluding carboxylic acids is 1. The molecule has 1 aliphatic carbocycles. The minimum absolute atomic E-state index is 0.565.